The van der Waals surface area contributed by atoms with Crippen LogP contribution in [0.3, 0.4) is 0 Å². The first-order chi connectivity index (χ1) is 13.4. The molecule has 0 bridgehead atoms. The van der Waals surface area contributed by atoms with E-state index < -0.39 is 0 Å². The van der Waals surface area contributed by atoms with Crippen LogP contribution in [0.4, 0.5) is 0 Å². The van der Waals surface area contributed by atoms with Gasteiger partial charge in [-0.15, -0.1) is 11.3 Å². The molecule has 0 N–H and O–H groups in total. The minimum Gasteiger partial charge on any atom is -0.336 e. The van der Waals surface area contributed by atoms with Crippen LogP contribution in [0.5, 0.6) is 0 Å². The van der Waals surface area contributed by atoms with Gasteiger partial charge in [-0.3, -0.25) is 14.4 Å². The van der Waals surface area contributed by atoms with Crippen molar-refractivity contribution in [3.8, 4) is 0 Å². The lowest BCUT2D eigenvalue weighted by molar-refractivity contribution is 0.0750. The average Bonchev–Trinajstić information content (AvgIpc) is 3.16. The molecule has 29 heavy (non-hydrogen) atoms. The molecule has 0 atom stereocenters. The van der Waals surface area contributed by atoms with E-state index in [0.717, 1.165) is 50.5 Å². The molecule has 0 saturated carbocycles. The number of aromatic nitrogens is 3. The fourth-order valence-corrected chi connectivity index (χ4v) is 4.38. The van der Waals surface area contributed by atoms with Crippen LogP contribution < -0.4 is 0 Å². The number of thiazole rings is 1. The summed E-state index contributed by atoms with van der Waals surface area (Å²) in [7, 11) is 1.86. The number of hydrogen-bond acceptors (Lipinski definition) is 5. The Hall–Kier alpha value is -1.73. The summed E-state index contributed by atoms with van der Waals surface area (Å²) in [6.07, 6.45) is 0.978. The Kier molecular flexibility index (Phi) is 6.20. The Balaban J connectivity index is 1.63. The van der Waals surface area contributed by atoms with E-state index in [4.69, 9.17) is 4.98 Å². The van der Waals surface area contributed by atoms with Crippen molar-refractivity contribution in [2.75, 3.05) is 26.2 Å². The largest absolute Gasteiger partial charge is 0.336 e. The van der Waals surface area contributed by atoms with Gasteiger partial charge >= 0.3 is 0 Å². The SMILES string of the molecule is Cn1nc(C(C)(C)C)cc1C(=O)N1CCCN(Cc2csc(C(C)(C)C)n2)CC1. The zero-order valence-corrected chi connectivity index (χ0v) is 19.8. The van der Waals surface area contributed by atoms with Gasteiger partial charge in [0.2, 0.25) is 0 Å². The van der Waals surface area contributed by atoms with Crippen molar-refractivity contribution in [1.82, 2.24) is 24.6 Å². The number of hydrogen-bond donors (Lipinski definition) is 0. The molecular weight excluding hydrogens is 382 g/mol. The van der Waals surface area contributed by atoms with Crippen LogP contribution in [0.2, 0.25) is 0 Å². The van der Waals surface area contributed by atoms with Gasteiger partial charge in [0.1, 0.15) is 5.69 Å². The van der Waals surface area contributed by atoms with Gasteiger partial charge < -0.3 is 4.90 Å². The second-order valence-electron chi connectivity index (χ2n) is 10.1. The highest BCUT2D eigenvalue weighted by molar-refractivity contribution is 7.09. The molecule has 6 nitrogen and oxygen atoms in total. The summed E-state index contributed by atoms with van der Waals surface area (Å²) in [5, 5.41) is 7.93. The van der Waals surface area contributed by atoms with Gasteiger partial charge in [0.05, 0.1) is 16.4 Å². The molecule has 0 aromatic carbocycles. The predicted octanol–water partition coefficient (Wildman–Crippen LogP) is 3.82. The first-order valence-electron chi connectivity index (χ1n) is 10.5. The maximum absolute atomic E-state index is 13.1. The van der Waals surface area contributed by atoms with Crippen molar-refractivity contribution in [3.05, 3.63) is 33.5 Å². The van der Waals surface area contributed by atoms with Crippen LogP contribution in [0.15, 0.2) is 11.4 Å². The standard InChI is InChI=1S/C22H35N5OS/c1-21(2,3)18-13-17(25(7)24-18)19(28)27-10-8-9-26(11-12-27)14-16-15-29-20(23-16)22(4,5)6/h13,15H,8-12,14H2,1-7H3. The van der Waals surface area contributed by atoms with Gasteiger partial charge in [-0.2, -0.15) is 5.10 Å². The zero-order chi connectivity index (χ0) is 21.4. The summed E-state index contributed by atoms with van der Waals surface area (Å²) in [5.74, 6) is 0.0843. The second kappa shape index (κ2) is 8.19. The summed E-state index contributed by atoms with van der Waals surface area (Å²) in [5.41, 5.74) is 2.81. The molecular formula is C22H35N5OS. The fourth-order valence-electron chi connectivity index (χ4n) is 3.48. The quantitative estimate of drug-likeness (QED) is 0.762. The van der Waals surface area contributed by atoms with E-state index in [9.17, 15) is 4.79 Å². The Bertz CT molecular complexity index is 855. The molecule has 0 radical (unpaired) electrons. The molecule has 2 aromatic rings. The number of nitrogens with zero attached hydrogens (tertiary/aromatic N) is 5. The number of amides is 1. The summed E-state index contributed by atoms with van der Waals surface area (Å²) >= 11 is 1.75. The molecule has 1 saturated heterocycles. The van der Waals surface area contributed by atoms with Gasteiger partial charge in [0.25, 0.3) is 5.91 Å². The third kappa shape index (κ3) is 5.25. The van der Waals surface area contributed by atoms with Gasteiger partial charge in [-0.05, 0) is 12.5 Å². The van der Waals surface area contributed by atoms with Crippen LogP contribution in [-0.2, 0) is 24.4 Å². The normalized spacial score (nSPS) is 16.9. The summed E-state index contributed by atoms with van der Waals surface area (Å²) in [6, 6.07) is 1.95. The van der Waals surface area contributed by atoms with Crippen molar-refractivity contribution in [2.24, 2.45) is 7.05 Å². The van der Waals surface area contributed by atoms with E-state index in [1.807, 2.05) is 18.0 Å². The molecule has 7 heteroatoms. The molecule has 1 fully saturated rings. The lowest BCUT2D eigenvalue weighted by atomic mass is 9.92. The van der Waals surface area contributed by atoms with Crippen LogP contribution in [0, 0.1) is 0 Å². The van der Waals surface area contributed by atoms with E-state index in [1.54, 1.807) is 16.0 Å². The Morgan fingerprint density at radius 3 is 2.38 bits per heavy atom. The molecule has 1 amide bonds. The maximum Gasteiger partial charge on any atom is 0.272 e. The number of aryl methyl sites for hydroxylation is 1. The molecule has 0 aliphatic carbocycles. The summed E-state index contributed by atoms with van der Waals surface area (Å²) < 4.78 is 1.73. The first kappa shape index (κ1) is 22.0. The molecule has 2 aromatic heterocycles. The highest BCUT2D eigenvalue weighted by atomic mass is 32.1. The second-order valence-corrected chi connectivity index (χ2v) is 11.0. The van der Waals surface area contributed by atoms with E-state index in [0.29, 0.717) is 5.69 Å². The van der Waals surface area contributed by atoms with Gasteiger partial charge in [-0.1, -0.05) is 41.5 Å². The number of carbonyl (C=O) groups is 1. The third-order valence-corrected chi connectivity index (χ3v) is 6.64. The molecule has 1 aliphatic heterocycles. The summed E-state index contributed by atoms with van der Waals surface area (Å²) in [6.45, 7) is 17.2. The minimum atomic E-state index is -0.0642. The van der Waals surface area contributed by atoms with E-state index >= 15 is 0 Å². The lowest BCUT2D eigenvalue weighted by Gasteiger charge is -2.21. The Labute approximate surface area is 178 Å². The smallest absolute Gasteiger partial charge is 0.272 e. The van der Waals surface area contributed by atoms with Crippen molar-refractivity contribution in [2.45, 2.75) is 65.3 Å². The number of carbonyl (C=O) groups excluding carboxylic acids is 1. The van der Waals surface area contributed by atoms with Crippen LogP contribution >= 0.6 is 11.3 Å². The maximum atomic E-state index is 13.1. The molecule has 1 aliphatic rings. The van der Waals surface area contributed by atoms with Crippen LogP contribution in [0.1, 0.15) is 74.8 Å². The average molecular weight is 418 g/mol. The molecule has 0 unspecified atom stereocenters. The van der Waals surface area contributed by atoms with Gasteiger partial charge in [0, 0.05) is 56.0 Å². The van der Waals surface area contributed by atoms with Crippen molar-refractivity contribution in [3.63, 3.8) is 0 Å². The molecule has 3 rings (SSSR count). The van der Waals surface area contributed by atoms with Crippen LogP contribution in [-0.4, -0.2) is 56.7 Å². The third-order valence-electron chi connectivity index (χ3n) is 5.32. The van der Waals surface area contributed by atoms with Gasteiger partial charge in [0.15, 0.2) is 0 Å². The van der Waals surface area contributed by atoms with E-state index in [-0.39, 0.29) is 16.7 Å². The molecule has 3 heterocycles. The zero-order valence-electron chi connectivity index (χ0n) is 18.9. The van der Waals surface area contributed by atoms with Crippen molar-refractivity contribution >= 4 is 17.2 Å². The van der Waals surface area contributed by atoms with Crippen LogP contribution in [0.25, 0.3) is 0 Å². The summed E-state index contributed by atoms with van der Waals surface area (Å²) in [4.78, 5) is 22.4. The Morgan fingerprint density at radius 2 is 1.79 bits per heavy atom. The first-order valence-corrected chi connectivity index (χ1v) is 11.3. The Morgan fingerprint density at radius 1 is 1.07 bits per heavy atom. The predicted molar refractivity (Wildman–Crippen MR) is 119 cm³/mol. The van der Waals surface area contributed by atoms with E-state index in [2.05, 4.69) is 56.9 Å². The highest BCUT2D eigenvalue weighted by Gasteiger charge is 2.26. The fraction of sp³-hybridized carbons (Fsp3) is 0.682. The van der Waals surface area contributed by atoms with Crippen molar-refractivity contribution in [1.29, 1.82) is 0 Å². The number of rotatable bonds is 3. The highest BCUT2D eigenvalue weighted by Crippen LogP contribution is 2.26. The van der Waals surface area contributed by atoms with E-state index in [1.165, 1.54) is 5.01 Å². The topological polar surface area (TPSA) is 54.3 Å². The monoisotopic (exact) mass is 417 g/mol. The minimum absolute atomic E-state index is 0.0642. The molecule has 0 spiro atoms. The van der Waals surface area contributed by atoms with Crippen molar-refractivity contribution < 1.29 is 4.79 Å². The lowest BCUT2D eigenvalue weighted by Crippen LogP contribution is -2.36. The molecule has 160 valence electrons. The van der Waals surface area contributed by atoms with Gasteiger partial charge in [-0.25, -0.2) is 4.98 Å².